The van der Waals surface area contributed by atoms with Gasteiger partial charge in [0.25, 0.3) is 5.91 Å². The van der Waals surface area contributed by atoms with Crippen molar-refractivity contribution >= 4 is 40.7 Å². The van der Waals surface area contributed by atoms with Gasteiger partial charge in [0.1, 0.15) is 5.82 Å². The lowest BCUT2D eigenvalue weighted by atomic mass is 9.94. The summed E-state index contributed by atoms with van der Waals surface area (Å²) in [4.78, 5) is 37.3. The molecule has 40 heavy (non-hydrogen) atoms. The van der Waals surface area contributed by atoms with Crippen LogP contribution in [0.5, 0.6) is 0 Å². The summed E-state index contributed by atoms with van der Waals surface area (Å²) in [6.07, 6.45) is 8.71. The molecule has 2 aromatic carbocycles. The second-order valence-electron chi connectivity index (χ2n) is 10.6. The molecule has 1 amide bonds. The minimum absolute atomic E-state index is 0.0506. The quantitative estimate of drug-likeness (QED) is 0.317. The first-order chi connectivity index (χ1) is 19.3. The molecule has 1 N–H and O–H groups in total. The van der Waals surface area contributed by atoms with E-state index < -0.39 is 15.9 Å². The predicted molar refractivity (Wildman–Crippen MR) is 160 cm³/mol. The molecule has 1 unspecified atom stereocenters. The minimum Gasteiger partial charge on any atom is -0.327 e. The summed E-state index contributed by atoms with van der Waals surface area (Å²) < 4.78 is 1.58. The average molecular weight is 603 g/mol. The highest BCUT2D eigenvalue weighted by Crippen LogP contribution is 2.33. The molecule has 0 bridgehead atoms. The average Bonchev–Trinajstić information content (AvgIpc) is 2.98. The molecule has 2 saturated carbocycles. The molecule has 3 aromatic rings. The fourth-order valence-electron chi connectivity index (χ4n) is 5.80. The molecule has 2 fully saturated rings. The van der Waals surface area contributed by atoms with Crippen LogP contribution in [0.4, 0.5) is 0 Å². The van der Waals surface area contributed by atoms with E-state index in [0.29, 0.717) is 11.4 Å². The van der Waals surface area contributed by atoms with Crippen molar-refractivity contribution < 1.29 is 4.79 Å². The molecule has 10 heteroatoms. The summed E-state index contributed by atoms with van der Waals surface area (Å²) in [7, 11) is 0. The Balaban J connectivity index is 1.71. The maximum atomic E-state index is 14.5. The number of hydrogen-bond acceptors (Lipinski definition) is 4. The van der Waals surface area contributed by atoms with E-state index in [2.05, 4.69) is 5.32 Å². The number of nitrogens with one attached hydrogen (secondary N) is 1. The number of aromatic nitrogens is 3. The van der Waals surface area contributed by atoms with Crippen molar-refractivity contribution in [1.82, 2.24) is 19.4 Å². The first-order valence-electron chi connectivity index (χ1n) is 14.1. The van der Waals surface area contributed by atoms with E-state index in [-0.39, 0.29) is 23.4 Å². The van der Waals surface area contributed by atoms with Crippen molar-refractivity contribution in [3.63, 3.8) is 0 Å². The number of amides is 1. The van der Waals surface area contributed by atoms with E-state index in [1.54, 1.807) is 28.8 Å². The van der Waals surface area contributed by atoms with Crippen LogP contribution in [0.1, 0.15) is 86.6 Å². The van der Waals surface area contributed by atoms with Gasteiger partial charge in [-0.2, -0.15) is 4.98 Å². The standard InChI is InChI=1S/C30H34Cl3N5O2/c31-30(32,33)27(35-26(39)22-15-7-2-8-16-22)36-28-34-25(21-13-5-1-6-14-21)37(23-17-9-3-10-18-23)29(40)38(28)24-19-11-4-12-20-24/h1-2,5-8,13-16,23-24,27H,3-4,9-12,17-20H2,(H,35,39)/b36-28+. The summed E-state index contributed by atoms with van der Waals surface area (Å²) in [5.41, 5.74) is 1.23. The van der Waals surface area contributed by atoms with E-state index in [1.807, 2.05) is 41.0 Å². The maximum absolute atomic E-state index is 14.5. The van der Waals surface area contributed by atoms with Gasteiger partial charge in [0.05, 0.1) is 0 Å². The molecular formula is C30H34Cl3N5O2. The zero-order valence-electron chi connectivity index (χ0n) is 22.3. The van der Waals surface area contributed by atoms with Gasteiger partial charge in [-0.25, -0.2) is 9.79 Å². The number of alkyl halides is 3. The van der Waals surface area contributed by atoms with Crippen molar-refractivity contribution in [2.45, 2.75) is 86.3 Å². The van der Waals surface area contributed by atoms with Gasteiger partial charge in [-0.3, -0.25) is 13.9 Å². The number of carbonyl (C=O) groups is 1. The molecule has 0 saturated heterocycles. The summed E-state index contributed by atoms with van der Waals surface area (Å²) in [6.45, 7) is 0. The molecule has 7 nitrogen and oxygen atoms in total. The van der Waals surface area contributed by atoms with E-state index in [4.69, 9.17) is 44.8 Å². The van der Waals surface area contributed by atoms with Gasteiger partial charge in [-0.1, -0.05) is 122 Å². The van der Waals surface area contributed by atoms with Gasteiger partial charge in [-0.15, -0.1) is 0 Å². The van der Waals surface area contributed by atoms with Crippen LogP contribution in [-0.2, 0) is 0 Å². The Labute approximate surface area is 249 Å². The third-order valence-corrected chi connectivity index (χ3v) is 8.45. The summed E-state index contributed by atoms with van der Waals surface area (Å²) in [6, 6.07) is 18.3. The lowest BCUT2D eigenvalue weighted by Gasteiger charge is -2.30. The van der Waals surface area contributed by atoms with Crippen LogP contribution < -0.4 is 16.6 Å². The fraction of sp³-hybridized carbons (Fsp3) is 0.467. The number of halogens is 3. The maximum Gasteiger partial charge on any atom is 0.333 e. The van der Waals surface area contributed by atoms with Gasteiger partial charge in [0, 0.05) is 23.2 Å². The van der Waals surface area contributed by atoms with E-state index >= 15 is 0 Å². The Kier molecular flexibility index (Phi) is 9.34. The van der Waals surface area contributed by atoms with Crippen LogP contribution in [0.3, 0.4) is 0 Å². The van der Waals surface area contributed by atoms with Crippen molar-refractivity contribution in [3.05, 3.63) is 82.3 Å². The van der Waals surface area contributed by atoms with Gasteiger partial charge in [0.15, 0.2) is 6.17 Å². The molecule has 0 spiro atoms. The Bertz CT molecular complexity index is 1420. The summed E-state index contributed by atoms with van der Waals surface area (Å²) >= 11 is 19.1. The monoisotopic (exact) mass is 601 g/mol. The molecule has 5 rings (SSSR count). The molecule has 2 aliphatic rings. The second kappa shape index (κ2) is 12.9. The zero-order valence-corrected chi connectivity index (χ0v) is 24.6. The molecule has 0 aliphatic heterocycles. The number of rotatable bonds is 6. The topological polar surface area (TPSA) is 81.3 Å². The van der Waals surface area contributed by atoms with Crippen LogP contribution in [0.25, 0.3) is 11.4 Å². The van der Waals surface area contributed by atoms with Crippen LogP contribution in [-0.4, -0.2) is 30.0 Å². The van der Waals surface area contributed by atoms with Gasteiger partial charge < -0.3 is 5.32 Å². The van der Waals surface area contributed by atoms with Crippen LogP contribution in [0.15, 0.2) is 70.5 Å². The van der Waals surface area contributed by atoms with Crippen LogP contribution in [0.2, 0.25) is 0 Å². The summed E-state index contributed by atoms with van der Waals surface area (Å²) in [5, 5.41) is 2.74. The lowest BCUT2D eigenvalue weighted by molar-refractivity contribution is 0.0937. The number of nitrogens with zero attached hydrogens (tertiary/aromatic N) is 4. The van der Waals surface area contributed by atoms with Crippen molar-refractivity contribution in [1.29, 1.82) is 0 Å². The van der Waals surface area contributed by atoms with E-state index in [1.165, 1.54) is 6.42 Å². The minimum atomic E-state index is -1.98. The predicted octanol–water partition coefficient (Wildman–Crippen LogP) is 6.75. The molecule has 1 heterocycles. The number of benzene rings is 2. The molecule has 212 valence electrons. The normalized spacial score (nSPS) is 18.4. The number of hydrogen-bond donors (Lipinski definition) is 1. The van der Waals surface area contributed by atoms with Gasteiger partial charge >= 0.3 is 5.69 Å². The third-order valence-electron chi connectivity index (χ3n) is 7.83. The van der Waals surface area contributed by atoms with Crippen molar-refractivity contribution in [3.8, 4) is 11.4 Å². The van der Waals surface area contributed by atoms with Crippen LogP contribution >= 0.6 is 34.8 Å². The molecule has 0 radical (unpaired) electrons. The van der Waals surface area contributed by atoms with Crippen molar-refractivity contribution in [2.24, 2.45) is 4.99 Å². The largest absolute Gasteiger partial charge is 0.333 e. The molecule has 1 aromatic heterocycles. The smallest absolute Gasteiger partial charge is 0.327 e. The number of carbonyl (C=O) groups excluding carboxylic acids is 1. The molecule has 1 atom stereocenters. The van der Waals surface area contributed by atoms with Crippen LogP contribution in [0, 0.1) is 0 Å². The highest BCUT2D eigenvalue weighted by atomic mass is 35.6. The Hall–Kier alpha value is -2.61. The first-order valence-corrected chi connectivity index (χ1v) is 15.2. The Morgan fingerprint density at radius 3 is 1.90 bits per heavy atom. The second-order valence-corrected chi connectivity index (χ2v) is 13.0. The Morgan fingerprint density at radius 1 is 0.825 bits per heavy atom. The van der Waals surface area contributed by atoms with E-state index in [0.717, 1.165) is 63.4 Å². The van der Waals surface area contributed by atoms with Crippen molar-refractivity contribution in [2.75, 3.05) is 0 Å². The molecular weight excluding hydrogens is 569 g/mol. The highest BCUT2D eigenvalue weighted by Gasteiger charge is 2.35. The van der Waals surface area contributed by atoms with E-state index in [9.17, 15) is 9.59 Å². The SMILES string of the molecule is O=C(NC(/N=c1\nc(-c2ccccc2)n(C2CCCCC2)c(=O)n1C1CCCCC1)C(Cl)(Cl)Cl)c1ccccc1. The van der Waals surface area contributed by atoms with Gasteiger partial charge in [0.2, 0.25) is 9.41 Å². The molecule has 2 aliphatic carbocycles. The Morgan fingerprint density at radius 2 is 1.35 bits per heavy atom. The first kappa shape index (κ1) is 28.9. The highest BCUT2D eigenvalue weighted by molar-refractivity contribution is 6.68. The zero-order chi connectivity index (χ0) is 28.1. The fourth-order valence-corrected chi connectivity index (χ4v) is 6.11. The third kappa shape index (κ3) is 6.64. The lowest BCUT2D eigenvalue weighted by Crippen LogP contribution is -2.50. The summed E-state index contributed by atoms with van der Waals surface area (Å²) in [5.74, 6) is 0.101. The van der Waals surface area contributed by atoms with Gasteiger partial charge in [-0.05, 0) is 37.8 Å².